The van der Waals surface area contributed by atoms with Crippen LogP contribution in [0.15, 0.2) is 23.9 Å². The van der Waals surface area contributed by atoms with E-state index in [1.54, 1.807) is 0 Å². The molecule has 2 aliphatic rings. The van der Waals surface area contributed by atoms with Crippen molar-refractivity contribution in [3.8, 4) is 0 Å². The molecule has 154 valence electrons. The van der Waals surface area contributed by atoms with Crippen molar-refractivity contribution in [2.75, 3.05) is 12.0 Å². The van der Waals surface area contributed by atoms with E-state index >= 15 is 0 Å². The number of amides is 1. The van der Waals surface area contributed by atoms with Gasteiger partial charge in [-0.3, -0.25) is 4.79 Å². The molecular formula is C19H28F3NO2S2. The maximum atomic E-state index is 12.9. The smallest absolute Gasteiger partial charge is 0.380 e. The molecule has 0 aromatic rings. The van der Waals surface area contributed by atoms with Crippen LogP contribution >= 0.6 is 23.5 Å². The molecular weight excluding hydrogens is 395 g/mol. The summed E-state index contributed by atoms with van der Waals surface area (Å²) in [5.74, 6) is 0.547. The molecule has 2 N–H and O–H groups in total. The minimum absolute atomic E-state index is 0.0933. The topological polar surface area (TPSA) is 49.3 Å². The summed E-state index contributed by atoms with van der Waals surface area (Å²) in [4.78, 5) is 12.9. The van der Waals surface area contributed by atoms with Crippen LogP contribution in [-0.2, 0) is 4.79 Å². The first kappa shape index (κ1) is 22.7. The fourth-order valence-electron chi connectivity index (χ4n) is 3.50. The highest BCUT2D eigenvalue weighted by Gasteiger charge is 2.43. The van der Waals surface area contributed by atoms with Crippen LogP contribution < -0.4 is 5.32 Å². The van der Waals surface area contributed by atoms with Gasteiger partial charge >= 0.3 is 6.18 Å². The Morgan fingerprint density at radius 2 is 2.15 bits per heavy atom. The Morgan fingerprint density at radius 1 is 1.44 bits per heavy atom. The van der Waals surface area contributed by atoms with Crippen molar-refractivity contribution >= 4 is 29.4 Å². The molecule has 0 radical (unpaired) electrons. The minimum atomic E-state index is -4.68. The number of alkyl halides is 3. The molecule has 0 aromatic heterocycles. The molecule has 3 nitrogen and oxygen atoms in total. The number of aliphatic hydroxyl groups is 1. The van der Waals surface area contributed by atoms with Crippen LogP contribution in [0.25, 0.3) is 0 Å². The first-order valence-corrected chi connectivity index (χ1v) is 11.5. The Bertz CT molecular complexity index is 578. The Kier molecular flexibility index (Phi) is 8.19. The summed E-state index contributed by atoms with van der Waals surface area (Å²) in [6, 6.07) is 0. The van der Waals surface area contributed by atoms with Gasteiger partial charge in [0.1, 0.15) is 0 Å². The van der Waals surface area contributed by atoms with Crippen molar-refractivity contribution in [3.63, 3.8) is 0 Å². The molecule has 0 saturated carbocycles. The lowest BCUT2D eigenvalue weighted by atomic mass is 9.82. The van der Waals surface area contributed by atoms with E-state index in [4.69, 9.17) is 0 Å². The van der Waals surface area contributed by atoms with Gasteiger partial charge in [0.2, 0.25) is 5.91 Å². The Labute approximate surface area is 167 Å². The lowest BCUT2D eigenvalue weighted by Crippen LogP contribution is -2.39. The monoisotopic (exact) mass is 423 g/mol. The van der Waals surface area contributed by atoms with Gasteiger partial charge in [0, 0.05) is 16.2 Å². The highest BCUT2D eigenvalue weighted by atomic mass is 32.2. The highest BCUT2D eigenvalue weighted by molar-refractivity contribution is 8.00. The van der Waals surface area contributed by atoms with Gasteiger partial charge in [0.05, 0.1) is 5.92 Å². The second-order valence-corrected chi connectivity index (χ2v) is 9.80. The van der Waals surface area contributed by atoms with Crippen molar-refractivity contribution in [3.05, 3.63) is 23.9 Å². The van der Waals surface area contributed by atoms with E-state index < -0.39 is 18.2 Å². The van der Waals surface area contributed by atoms with Crippen molar-refractivity contribution in [1.82, 2.24) is 5.32 Å². The van der Waals surface area contributed by atoms with Crippen LogP contribution in [0.1, 0.15) is 33.1 Å². The normalized spacial score (nSPS) is 30.6. The maximum Gasteiger partial charge on any atom is 0.417 e. The largest absolute Gasteiger partial charge is 0.417 e. The van der Waals surface area contributed by atoms with Crippen LogP contribution in [0, 0.1) is 17.8 Å². The zero-order chi connectivity index (χ0) is 20.2. The molecule has 1 aliphatic carbocycles. The third kappa shape index (κ3) is 6.19. The predicted octanol–water partition coefficient (Wildman–Crippen LogP) is 4.39. The number of aliphatic hydroxyl groups excluding tert-OH is 1. The molecule has 5 unspecified atom stereocenters. The van der Waals surface area contributed by atoms with Crippen LogP contribution in [0.5, 0.6) is 0 Å². The summed E-state index contributed by atoms with van der Waals surface area (Å²) in [6.45, 7) is 4.07. The summed E-state index contributed by atoms with van der Waals surface area (Å²) in [7, 11) is 0. The number of hydrogen-bond acceptors (Lipinski definition) is 4. The second-order valence-electron chi connectivity index (χ2n) is 7.45. The quantitative estimate of drug-likeness (QED) is 0.623. The van der Waals surface area contributed by atoms with Gasteiger partial charge in [0.25, 0.3) is 0 Å². The van der Waals surface area contributed by atoms with Gasteiger partial charge < -0.3 is 10.4 Å². The van der Waals surface area contributed by atoms with Crippen molar-refractivity contribution in [2.45, 2.75) is 55.9 Å². The number of halogens is 3. The molecule has 2 rings (SSSR count). The Balaban J connectivity index is 2.09. The average Bonchev–Trinajstić information content (AvgIpc) is 3.03. The van der Waals surface area contributed by atoms with Crippen molar-refractivity contribution in [2.24, 2.45) is 17.8 Å². The lowest BCUT2D eigenvalue weighted by molar-refractivity contribution is -0.187. The maximum absolute atomic E-state index is 12.9. The molecule has 0 spiro atoms. The second kappa shape index (κ2) is 9.74. The fraction of sp³-hybridized carbons (Fsp3) is 0.737. The minimum Gasteiger partial charge on any atom is -0.380 e. The van der Waals surface area contributed by atoms with Crippen LogP contribution in [0.3, 0.4) is 0 Å². The number of carbonyl (C=O) groups is 1. The van der Waals surface area contributed by atoms with Crippen LogP contribution in [0.4, 0.5) is 13.2 Å². The Hall–Kier alpha value is -0.600. The van der Waals surface area contributed by atoms with Crippen molar-refractivity contribution in [1.29, 1.82) is 0 Å². The molecule has 1 aliphatic heterocycles. The summed E-state index contributed by atoms with van der Waals surface area (Å²) in [6.07, 6.45) is 1.84. The van der Waals surface area contributed by atoms with Gasteiger partial charge in [-0.15, -0.1) is 0 Å². The van der Waals surface area contributed by atoms with E-state index in [0.29, 0.717) is 5.25 Å². The number of hydrogen-bond donors (Lipinski definition) is 2. The standard InChI is InChI=1S/C19H28F3NO2S2/c1-11(2)14-10-27-15(8-9-16(24)19(20,21)22)17(14)18(25)23-12-4-6-13(26-3)7-5-12/h4,8-9,11,13-17,24H,5-7,10H2,1-3H3,(H,23,25)/b9-8+. The van der Waals surface area contributed by atoms with Gasteiger partial charge in [-0.1, -0.05) is 26.0 Å². The third-order valence-electron chi connectivity index (χ3n) is 5.25. The highest BCUT2D eigenvalue weighted by Crippen LogP contribution is 2.42. The summed E-state index contributed by atoms with van der Waals surface area (Å²) < 4.78 is 37.7. The van der Waals surface area contributed by atoms with Crippen molar-refractivity contribution < 1.29 is 23.1 Å². The summed E-state index contributed by atoms with van der Waals surface area (Å²) in [5, 5.41) is 12.5. The number of carbonyl (C=O) groups excluding carboxylic acids is 1. The SMILES string of the molecule is CSC1CC=C(NC(=O)C2C(/C=C/C(O)C(F)(F)F)SCC2C(C)C)CC1. The van der Waals surface area contributed by atoms with Gasteiger partial charge in [0.15, 0.2) is 6.10 Å². The Morgan fingerprint density at radius 3 is 2.67 bits per heavy atom. The van der Waals surface area contributed by atoms with E-state index in [9.17, 15) is 23.1 Å². The average molecular weight is 424 g/mol. The van der Waals surface area contributed by atoms with Crippen LogP contribution in [0.2, 0.25) is 0 Å². The lowest BCUT2D eigenvalue weighted by Gasteiger charge is -2.27. The molecule has 1 saturated heterocycles. The van der Waals surface area contributed by atoms with E-state index in [-0.39, 0.29) is 23.0 Å². The molecule has 27 heavy (non-hydrogen) atoms. The fourth-order valence-corrected chi connectivity index (χ4v) is 5.92. The predicted molar refractivity (Wildman–Crippen MR) is 107 cm³/mol. The zero-order valence-corrected chi connectivity index (χ0v) is 17.5. The van der Waals surface area contributed by atoms with Gasteiger partial charge in [-0.05, 0) is 49.2 Å². The molecule has 0 bridgehead atoms. The number of nitrogens with one attached hydrogen (secondary N) is 1. The molecule has 1 amide bonds. The van der Waals surface area contributed by atoms with Crippen LogP contribution in [-0.4, -0.2) is 45.8 Å². The first-order chi connectivity index (χ1) is 12.6. The van der Waals surface area contributed by atoms with E-state index in [1.807, 2.05) is 25.6 Å². The molecule has 8 heteroatoms. The van der Waals surface area contributed by atoms with E-state index in [2.05, 4.69) is 17.6 Å². The van der Waals surface area contributed by atoms with Gasteiger partial charge in [-0.25, -0.2) is 0 Å². The van der Waals surface area contributed by atoms with E-state index in [0.717, 1.165) is 36.8 Å². The van der Waals surface area contributed by atoms with Gasteiger partial charge in [-0.2, -0.15) is 36.7 Å². The van der Waals surface area contributed by atoms with E-state index in [1.165, 1.54) is 17.8 Å². The molecule has 1 heterocycles. The zero-order valence-electron chi connectivity index (χ0n) is 15.8. The third-order valence-corrected chi connectivity index (χ3v) is 7.76. The molecule has 5 atom stereocenters. The summed E-state index contributed by atoms with van der Waals surface area (Å²) in [5.41, 5.74) is 0.919. The molecule has 1 fully saturated rings. The number of allylic oxidation sites excluding steroid dienone is 2. The molecule has 0 aromatic carbocycles. The number of thioether (sulfide) groups is 2. The number of rotatable bonds is 6. The first-order valence-electron chi connectivity index (χ1n) is 9.20. The summed E-state index contributed by atoms with van der Waals surface area (Å²) >= 11 is 3.31.